The molecule has 0 aliphatic carbocycles. The molecule has 0 saturated carbocycles. The molecule has 0 radical (unpaired) electrons. The van der Waals surface area contributed by atoms with E-state index < -0.39 is 0 Å². The van der Waals surface area contributed by atoms with Crippen molar-refractivity contribution < 1.29 is 19.1 Å². The average Bonchev–Trinajstić information content (AvgIpc) is 2.71. The molecule has 184 valence electrons. The van der Waals surface area contributed by atoms with Gasteiger partial charge in [0, 0.05) is 6.42 Å². The molecule has 1 atom stereocenters. The summed E-state index contributed by atoms with van der Waals surface area (Å²) in [6.45, 7) is 12.0. The van der Waals surface area contributed by atoms with E-state index in [0.717, 1.165) is 37.5 Å². The summed E-state index contributed by atoms with van der Waals surface area (Å²) >= 11 is 0. The lowest BCUT2D eigenvalue weighted by molar-refractivity contribution is -0.149. The van der Waals surface area contributed by atoms with Gasteiger partial charge in [-0.3, -0.25) is 9.59 Å². The van der Waals surface area contributed by atoms with Crippen LogP contribution < -0.4 is 0 Å². The van der Waals surface area contributed by atoms with Crippen molar-refractivity contribution in [1.82, 2.24) is 0 Å². The van der Waals surface area contributed by atoms with Crippen LogP contribution in [-0.4, -0.2) is 25.2 Å². The van der Waals surface area contributed by atoms with Crippen LogP contribution in [0.4, 0.5) is 0 Å². The maximum atomic E-state index is 12.0. The van der Waals surface area contributed by atoms with Gasteiger partial charge in [-0.1, -0.05) is 98.8 Å². The molecular weight excluding hydrogens is 388 g/mol. The smallest absolute Gasteiger partial charge is 0.308 e. The molecule has 0 amide bonds. The van der Waals surface area contributed by atoms with Gasteiger partial charge < -0.3 is 9.47 Å². The lowest BCUT2D eigenvalue weighted by Gasteiger charge is -2.11. The maximum Gasteiger partial charge on any atom is 0.308 e. The Bertz CT molecular complexity index is 431. The normalized spacial score (nSPS) is 12.4. The summed E-state index contributed by atoms with van der Waals surface area (Å²) in [5, 5.41) is 0. The number of hydrogen-bond donors (Lipinski definition) is 0. The molecule has 1 unspecified atom stereocenters. The van der Waals surface area contributed by atoms with Crippen molar-refractivity contribution in [3.63, 3.8) is 0 Å². The van der Waals surface area contributed by atoms with Gasteiger partial charge in [-0.05, 0) is 37.5 Å². The Kier molecular flexibility index (Phi) is 20.1. The summed E-state index contributed by atoms with van der Waals surface area (Å²) in [7, 11) is 0. The number of hydrogen-bond acceptors (Lipinski definition) is 4. The first-order valence-corrected chi connectivity index (χ1v) is 13.1. The third kappa shape index (κ3) is 21.9. The summed E-state index contributed by atoms with van der Waals surface area (Å²) < 4.78 is 10.7. The van der Waals surface area contributed by atoms with E-state index in [9.17, 15) is 9.59 Å². The van der Waals surface area contributed by atoms with E-state index in [2.05, 4.69) is 27.7 Å². The Morgan fingerprint density at radius 2 is 1.00 bits per heavy atom. The molecule has 0 spiro atoms. The first-order chi connectivity index (χ1) is 14.8. The molecule has 0 aliphatic heterocycles. The molecule has 0 aromatic heterocycles. The molecule has 0 heterocycles. The molecule has 4 nitrogen and oxygen atoms in total. The molecule has 0 aliphatic rings. The maximum absolute atomic E-state index is 12.0. The minimum Gasteiger partial charge on any atom is -0.466 e. The van der Waals surface area contributed by atoms with Crippen LogP contribution in [0.25, 0.3) is 0 Å². The van der Waals surface area contributed by atoms with Gasteiger partial charge in [0.2, 0.25) is 0 Å². The summed E-state index contributed by atoms with van der Waals surface area (Å²) in [4.78, 5) is 23.9. The topological polar surface area (TPSA) is 52.6 Å². The van der Waals surface area contributed by atoms with Gasteiger partial charge in [0.15, 0.2) is 0 Å². The highest BCUT2D eigenvalue weighted by Crippen LogP contribution is 2.14. The SMILES string of the molecule is CC(C)CCCCCCCOC(=O)CCCC(C)C(=O)OCCCCCCCC(C)C. The third-order valence-corrected chi connectivity index (χ3v) is 5.78. The number of rotatable bonds is 21. The fourth-order valence-corrected chi connectivity index (χ4v) is 3.61. The number of unbranched alkanes of at least 4 members (excludes halogenated alkanes) is 8. The molecule has 31 heavy (non-hydrogen) atoms. The second-order valence-corrected chi connectivity index (χ2v) is 10.1. The van der Waals surface area contributed by atoms with E-state index >= 15 is 0 Å². The second-order valence-electron chi connectivity index (χ2n) is 10.1. The minimum absolute atomic E-state index is 0.134. The van der Waals surface area contributed by atoms with Crippen LogP contribution in [-0.2, 0) is 19.1 Å². The summed E-state index contributed by atoms with van der Waals surface area (Å²) in [5.74, 6) is 1.16. The van der Waals surface area contributed by atoms with Crippen LogP contribution in [0.3, 0.4) is 0 Å². The van der Waals surface area contributed by atoms with Crippen LogP contribution in [0, 0.1) is 17.8 Å². The molecule has 0 fully saturated rings. The highest BCUT2D eigenvalue weighted by Gasteiger charge is 2.15. The van der Waals surface area contributed by atoms with Gasteiger partial charge in [-0.15, -0.1) is 0 Å². The molecule has 0 bridgehead atoms. The summed E-state index contributed by atoms with van der Waals surface area (Å²) in [6.07, 6.45) is 16.1. The molecule has 0 N–H and O–H groups in total. The van der Waals surface area contributed by atoms with Crippen LogP contribution in [0.2, 0.25) is 0 Å². The van der Waals surface area contributed by atoms with Gasteiger partial charge in [0.25, 0.3) is 0 Å². The highest BCUT2D eigenvalue weighted by molar-refractivity contribution is 5.72. The predicted molar refractivity (Wildman–Crippen MR) is 130 cm³/mol. The van der Waals surface area contributed by atoms with Crippen molar-refractivity contribution in [3.05, 3.63) is 0 Å². The Morgan fingerprint density at radius 3 is 1.52 bits per heavy atom. The Labute approximate surface area is 193 Å². The number of carbonyl (C=O) groups excluding carboxylic acids is 2. The number of ether oxygens (including phenoxy) is 2. The zero-order valence-corrected chi connectivity index (χ0v) is 21.4. The standard InChI is InChI=1S/C27H52O4/c1-23(2)17-12-8-6-10-14-21-30-26(28)20-16-19-25(5)27(29)31-22-15-11-7-9-13-18-24(3)4/h23-25H,6-22H2,1-5H3. The average molecular weight is 441 g/mol. The largest absolute Gasteiger partial charge is 0.466 e. The fourth-order valence-electron chi connectivity index (χ4n) is 3.61. The van der Waals surface area contributed by atoms with Crippen LogP contribution >= 0.6 is 0 Å². The van der Waals surface area contributed by atoms with Gasteiger partial charge in [0.1, 0.15) is 0 Å². The number of esters is 2. The van der Waals surface area contributed by atoms with Gasteiger partial charge in [0.05, 0.1) is 19.1 Å². The van der Waals surface area contributed by atoms with Crippen molar-refractivity contribution in [2.75, 3.05) is 13.2 Å². The van der Waals surface area contributed by atoms with Crippen molar-refractivity contribution in [3.8, 4) is 0 Å². The van der Waals surface area contributed by atoms with E-state index in [0.29, 0.717) is 32.5 Å². The van der Waals surface area contributed by atoms with E-state index in [1.54, 1.807) is 0 Å². The number of carbonyl (C=O) groups is 2. The minimum atomic E-state index is -0.148. The monoisotopic (exact) mass is 440 g/mol. The Hall–Kier alpha value is -1.06. The lowest BCUT2D eigenvalue weighted by Crippen LogP contribution is -2.16. The van der Waals surface area contributed by atoms with Crippen molar-refractivity contribution in [1.29, 1.82) is 0 Å². The van der Waals surface area contributed by atoms with E-state index in [1.165, 1.54) is 51.4 Å². The van der Waals surface area contributed by atoms with Crippen molar-refractivity contribution >= 4 is 11.9 Å². The van der Waals surface area contributed by atoms with E-state index in [4.69, 9.17) is 9.47 Å². The van der Waals surface area contributed by atoms with E-state index in [-0.39, 0.29) is 17.9 Å². The fraction of sp³-hybridized carbons (Fsp3) is 0.926. The first-order valence-electron chi connectivity index (χ1n) is 13.1. The summed E-state index contributed by atoms with van der Waals surface area (Å²) in [6, 6.07) is 0. The molecule has 0 aromatic rings. The first kappa shape index (κ1) is 29.9. The predicted octanol–water partition coefficient (Wildman–Crippen LogP) is 7.87. The van der Waals surface area contributed by atoms with Gasteiger partial charge >= 0.3 is 11.9 Å². The molecule has 0 rings (SSSR count). The Morgan fingerprint density at radius 1 is 0.548 bits per heavy atom. The third-order valence-electron chi connectivity index (χ3n) is 5.78. The van der Waals surface area contributed by atoms with Crippen molar-refractivity contribution in [2.24, 2.45) is 17.8 Å². The zero-order valence-electron chi connectivity index (χ0n) is 21.4. The van der Waals surface area contributed by atoms with Crippen LogP contribution in [0.5, 0.6) is 0 Å². The van der Waals surface area contributed by atoms with E-state index in [1.807, 2.05) is 6.92 Å². The molecular formula is C27H52O4. The van der Waals surface area contributed by atoms with Crippen LogP contribution in [0.15, 0.2) is 0 Å². The zero-order chi connectivity index (χ0) is 23.3. The molecule has 4 heteroatoms. The molecule has 0 aromatic carbocycles. The highest BCUT2D eigenvalue weighted by atomic mass is 16.5. The van der Waals surface area contributed by atoms with Crippen molar-refractivity contribution in [2.45, 2.75) is 131 Å². The quantitative estimate of drug-likeness (QED) is 0.135. The van der Waals surface area contributed by atoms with Crippen LogP contribution in [0.1, 0.15) is 131 Å². The van der Waals surface area contributed by atoms with Gasteiger partial charge in [-0.2, -0.15) is 0 Å². The van der Waals surface area contributed by atoms with Gasteiger partial charge in [-0.25, -0.2) is 0 Å². The molecule has 0 saturated heterocycles. The summed E-state index contributed by atoms with van der Waals surface area (Å²) in [5.41, 5.74) is 0. The second kappa shape index (κ2) is 20.8. The lowest BCUT2D eigenvalue weighted by atomic mass is 10.0. The Balaban J connectivity index is 3.50.